The van der Waals surface area contributed by atoms with Crippen molar-refractivity contribution in [2.75, 3.05) is 6.61 Å². The molecule has 1 atom stereocenters. The predicted molar refractivity (Wildman–Crippen MR) is 46.5 cm³/mol. The van der Waals surface area contributed by atoms with Gasteiger partial charge in [0.2, 0.25) is 0 Å². The zero-order chi connectivity index (χ0) is 9.42. The van der Waals surface area contributed by atoms with Gasteiger partial charge in [0, 0.05) is 6.42 Å². The fourth-order valence-electron chi connectivity index (χ4n) is 1.42. The molecule has 1 N–H and O–H groups in total. The lowest BCUT2D eigenvalue weighted by molar-refractivity contribution is 0.111. The Kier molecular flexibility index (Phi) is 2.14. The van der Waals surface area contributed by atoms with Gasteiger partial charge in [-0.3, -0.25) is 0 Å². The van der Waals surface area contributed by atoms with E-state index in [9.17, 15) is 9.50 Å². The molecule has 1 aromatic rings. The largest absolute Gasteiger partial charge is 0.491 e. The van der Waals surface area contributed by atoms with Crippen LogP contribution in [-0.2, 0) is 0 Å². The molecule has 70 valence electrons. The summed E-state index contributed by atoms with van der Waals surface area (Å²) in [5, 5.41) is 9.83. The van der Waals surface area contributed by atoms with E-state index in [2.05, 4.69) is 0 Å². The van der Waals surface area contributed by atoms with Crippen molar-refractivity contribution in [3.8, 4) is 5.75 Å². The number of halogens is 2. The molecule has 0 fully saturated rings. The SMILES string of the molecule is O[C@@H]1CCOc2c(Cl)ccc(F)c21. The van der Waals surface area contributed by atoms with Crippen LogP contribution in [0.15, 0.2) is 12.1 Å². The van der Waals surface area contributed by atoms with Gasteiger partial charge in [0.05, 0.1) is 23.3 Å². The van der Waals surface area contributed by atoms with Crippen molar-refractivity contribution in [3.05, 3.63) is 28.5 Å². The number of benzene rings is 1. The summed E-state index contributed by atoms with van der Waals surface area (Å²) in [7, 11) is 0. The topological polar surface area (TPSA) is 29.5 Å². The van der Waals surface area contributed by atoms with Crippen LogP contribution in [0.4, 0.5) is 4.39 Å². The lowest BCUT2D eigenvalue weighted by Gasteiger charge is -2.23. The summed E-state index contributed by atoms with van der Waals surface area (Å²) in [5.41, 5.74) is 0.179. The smallest absolute Gasteiger partial charge is 0.146 e. The number of ether oxygens (including phenoxy) is 1. The molecule has 4 heteroatoms. The summed E-state index contributed by atoms with van der Waals surface area (Å²) >= 11 is 5.78. The van der Waals surface area contributed by atoms with Crippen LogP contribution in [0.25, 0.3) is 0 Å². The fourth-order valence-corrected chi connectivity index (χ4v) is 1.64. The first kappa shape index (κ1) is 8.78. The molecule has 1 aromatic carbocycles. The van der Waals surface area contributed by atoms with Gasteiger partial charge >= 0.3 is 0 Å². The predicted octanol–water partition coefficient (Wildman–Crippen LogP) is 2.30. The van der Waals surface area contributed by atoms with Gasteiger partial charge in [-0.2, -0.15) is 0 Å². The Bertz CT molecular complexity index is 341. The molecular weight excluding hydrogens is 195 g/mol. The molecule has 0 radical (unpaired) electrons. The van der Waals surface area contributed by atoms with E-state index in [4.69, 9.17) is 16.3 Å². The van der Waals surface area contributed by atoms with E-state index in [-0.39, 0.29) is 11.3 Å². The highest BCUT2D eigenvalue weighted by Crippen LogP contribution is 2.39. The monoisotopic (exact) mass is 202 g/mol. The minimum atomic E-state index is -0.803. The highest BCUT2D eigenvalue weighted by atomic mass is 35.5. The number of hydrogen-bond donors (Lipinski definition) is 1. The van der Waals surface area contributed by atoms with Gasteiger partial charge in [0.25, 0.3) is 0 Å². The minimum Gasteiger partial charge on any atom is -0.491 e. The molecule has 2 nitrogen and oxygen atoms in total. The molecule has 2 rings (SSSR count). The van der Waals surface area contributed by atoms with Crippen molar-refractivity contribution in [1.82, 2.24) is 0 Å². The van der Waals surface area contributed by atoms with Crippen molar-refractivity contribution < 1.29 is 14.2 Å². The highest BCUT2D eigenvalue weighted by molar-refractivity contribution is 6.32. The lowest BCUT2D eigenvalue weighted by atomic mass is 10.0. The van der Waals surface area contributed by atoms with Gasteiger partial charge in [-0.15, -0.1) is 0 Å². The van der Waals surface area contributed by atoms with Crippen LogP contribution >= 0.6 is 11.6 Å². The Morgan fingerprint density at radius 3 is 3.00 bits per heavy atom. The van der Waals surface area contributed by atoms with E-state index < -0.39 is 11.9 Å². The number of fused-ring (bicyclic) bond motifs is 1. The number of aliphatic hydroxyl groups excluding tert-OH is 1. The summed E-state index contributed by atoms with van der Waals surface area (Å²) in [5.74, 6) is -0.188. The van der Waals surface area contributed by atoms with E-state index in [1.807, 2.05) is 0 Å². The van der Waals surface area contributed by atoms with E-state index in [0.29, 0.717) is 18.1 Å². The number of hydrogen-bond acceptors (Lipinski definition) is 2. The zero-order valence-corrected chi connectivity index (χ0v) is 7.51. The van der Waals surface area contributed by atoms with Gasteiger partial charge in [-0.05, 0) is 12.1 Å². The molecule has 1 aliphatic heterocycles. The minimum absolute atomic E-state index is 0.179. The molecule has 0 amide bonds. The average molecular weight is 203 g/mol. The van der Waals surface area contributed by atoms with E-state index >= 15 is 0 Å². The van der Waals surface area contributed by atoms with Crippen LogP contribution in [0.1, 0.15) is 18.1 Å². The van der Waals surface area contributed by atoms with Crippen LogP contribution < -0.4 is 4.74 Å². The number of rotatable bonds is 0. The maximum atomic E-state index is 13.2. The van der Waals surface area contributed by atoms with E-state index in [1.54, 1.807) is 0 Å². The maximum Gasteiger partial charge on any atom is 0.146 e. The summed E-state index contributed by atoms with van der Waals surface area (Å²) < 4.78 is 18.4. The molecule has 0 unspecified atom stereocenters. The Balaban J connectivity index is 2.60. The Morgan fingerprint density at radius 2 is 2.31 bits per heavy atom. The highest BCUT2D eigenvalue weighted by Gasteiger charge is 2.25. The molecular formula is C9H8ClFO2. The third-order valence-corrected chi connectivity index (χ3v) is 2.36. The second-order valence-corrected chi connectivity index (χ2v) is 3.33. The van der Waals surface area contributed by atoms with Crippen molar-refractivity contribution in [3.63, 3.8) is 0 Å². The van der Waals surface area contributed by atoms with Crippen molar-refractivity contribution >= 4 is 11.6 Å². The van der Waals surface area contributed by atoms with Crippen LogP contribution in [0.2, 0.25) is 5.02 Å². The normalized spacial score (nSPS) is 20.7. The number of aliphatic hydroxyl groups is 1. The van der Waals surface area contributed by atoms with Gasteiger partial charge in [-0.25, -0.2) is 4.39 Å². The first-order chi connectivity index (χ1) is 6.20. The third-order valence-electron chi connectivity index (χ3n) is 2.07. The molecule has 0 aliphatic carbocycles. The van der Waals surface area contributed by atoms with E-state index in [1.165, 1.54) is 12.1 Å². The molecule has 1 heterocycles. The average Bonchev–Trinajstić information content (AvgIpc) is 2.12. The zero-order valence-electron chi connectivity index (χ0n) is 6.76. The Hall–Kier alpha value is -0.800. The van der Waals surface area contributed by atoms with Crippen molar-refractivity contribution in [2.24, 2.45) is 0 Å². The van der Waals surface area contributed by atoms with Crippen LogP contribution in [-0.4, -0.2) is 11.7 Å². The second-order valence-electron chi connectivity index (χ2n) is 2.92. The van der Waals surface area contributed by atoms with Crippen LogP contribution in [0.3, 0.4) is 0 Å². The van der Waals surface area contributed by atoms with Crippen LogP contribution in [0.5, 0.6) is 5.75 Å². The quantitative estimate of drug-likeness (QED) is 0.700. The maximum absolute atomic E-state index is 13.2. The molecule has 0 bridgehead atoms. The second kappa shape index (κ2) is 3.16. The van der Waals surface area contributed by atoms with Gasteiger partial charge in [0.15, 0.2) is 0 Å². The van der Waals surface area contributed by atoms with Crippen LogP contribution in [0, 0.1) is 5.82 Å². The first-order valence-corrected chi connectivity index (χ1v) is 4.36. The standard InChI is InChI=1S/C9H8ClFO2/c10-5-1-2-6(11)8-7(12)3-4-13-9(5)8/h1-2,7,12H,3-4H2/t7-/m1/s1. The van der Waals surface area contributed by atoms with Crippen molar-refractivity contribution in [1.29, 1.82) is 0 Å². The van der Waals surface area contributed by atoms with Gasteiger partial charge in [0.1, 0.15) is 11.6 Å². The molecule has 0 saturated heterocycles. The molecule has 13 heavy (non-hydrogen) atoms. The summed E-state index contributed by atoms with van der Waals surface area (Å²) in [6.07, 6.45) is -0.396. The summed E-state index contributed by atoms with van der Waals surface area (Å²) in [6, 6.07) is 2.66. The first-order valence-electron chi connectivity index (χ1n) is 3.99. The molecule has 0 saturated carbocycles. The molecule has 1 aliphatic rings. The molecule has 0 spiro atoms. The van der Waals surface area contributed by atoms with Crippen molar-refractivity contribution in [2.45, 2.75) is 12.5 Å². The Morgan fingerprint density at radius 1 is 1.54 bits per heavy atom. The fraction of sp³-hybridized carbons (Fsp3) is 0.333. The third kappa shape index (κ3) is 1.38. The Labute approximate surface area is 79.9 Å². The molecule has 0 aromatic heterocycles. The summed E-state index contributed by atoms with van der Waals surface area (Å²) in [6.45, 7) is 0.372. The lowest BCUT2D eigenvalue weighted by Crippen LogP contribution is -2.15. The van der Waals surface area contributed by atoms with Gasteiger partial charge < -0.3 is 9.84 Å². The summed E-state index contributed by atoms with van der Waals surface area (Å²) in [4.78, 5) is 0. The van der Waals surface area contributed by atoms with E-state index in [0.717, 1.165) is 0 Å². The van der Waals surface area contributed by atoms with Gasteiger partial charge in [-0.1, -0.05) is 11.6 Å².